The lowest BCUT2D eigenvalue weighted by Gasteiger charge is -2.40. The van der Waals surface area contributed by atoms with Gasteiger partial charge in [-0.25, -0.2) is 0 Å². The first-order chi connectivity index (χ1) is 10.0. The molecule has 4 heteroatoms. The predicted molar refractivity (Wildman–Crippen MR) is 80.9 cm³/mol. The van der Waals surface area contributed by atoms with Crippen molar-refractivity contribution in [2.45, 2.75) is 58.2 Å². The van der Waals surface area contributed by atoms with Gasteiger partial charge in [-0.2, -0.15) is 5.26 Å². The smallest absolute Gasteiger partial charge is 0.263 e. The van der Waals surface area contributed by atoms with Crippen molar-refractivity contribution in [2.75, 3.05) is 0 Å². The number of amides is 1. The lowest BCUT2D eigenvalue weighted by atomic mass is 9.97. The molecule has 0 saturated carbocycles. The number of para-hydroxylation sites is 1. The Hall–Kier alpha value is -2.02. The Balaban J connectivity index is 2.11. The molecule has 4 nitrogen and oxygen atoms in total. The van der Waals surface area contributed by atoms with Crippen molar-refractivity contribution in [3.05, 3.63) is 29.8 Å². The molecule has 3 atom stereocenters. The summed E-state index contributed by atoms with van der Waals surface area (Å²) in [6, 6.07) is 9.59. The van der Waals surface area contributed by atoms with Gasteiger partial charge in [0.1, 0.15) is 11.8 Å². The highest BCUT2D eigenvalue weighted by Crippen LogP contribution is 2.25. The van der Waals surface area contributed by atoms with Crippen LogP contribution in [0.15, 0.2) is 24.3 Å². The molecule has 112 valence electrons. The van der Waals surface area contributed by atoms with Crippen LogP contribution in [0.1, 0.15) is 45.6 Å². The number of carbonyl (C=O) groups excluding carboxylic acids is 1. The van der Waals surface area contributed by atoms with Crippen molar-refractivity contribution in [1.29, 1.82) is 5.26 Å². The fraction of sp³-hybridized carbons (Fsp3) is 0.529. The van der Waals surface area contributed by atoms with Crippen LogP contribution in [0, 0.1) is 11.3 Å². The molecule has 1 aliphatic rings. The van der Waals surface area contributed by atoms with Crippen LogP contribution in [0.2, 0.25) is 0 Å². The van der Waals surface area contributed by atoms with E-state index >= 15 is 0 Å². The van der Waals surface area contributed by atoms with Crippen LogP contribution < -0.4 is 4.74 Å². The number of likely N-dealkylation sites (tertiary alicyclic amines) is 1. The molecule has 0 spiro atoms. The van der Waals surface area contributed by atoms with E-state index in [2.05, 4.69) is 19.9 Å². The summed E-state index contributed by atoms with van der Waals surface area (Å²) in [5.74, 6) is 0.473. The lowest BCUT2D eigenvalue weighted by molar-refractivity contribution is -0.144. The third kappa shape index (κ3) is 3.36. The molecular weight excluding hydrogens is 264 g/mol. The van der Waals surface area contributed by atoms with Gasteiger partial charge >= 0.3 is 0 Å². The fourth-order valence-electron chi connectivity index (χ4n) is 2.97. The number of hydrogen-bond acceptors (Lipinski definition) is 3. The van der Waals surface area contributed by atoms with Crippen molar-refractivity contribution in [1.82, 2.24) is 4.90 Å². The molecule has 1 aliphatic heterocycles. The second-order valence-corrected chi connectivity index (χ2v) is 5.74. The number of rotatable bonds is 3. The van der Waals surface area contributed by atoms with Crippen LogP contribution in [-0.4, -0.2) is 29.0 Å². The molecule has 0 bridgehead atoms. The van der Waals surface area contributed by atoms with Crippen molar-refractivity contribution < 1.29 is 9.53 Å². The molecule has 0 aliphatic carbocycles. The van der Waals surface area contributed by atoms with Crippen LogP contribution in [0.5, 0.6) is 5.75 Å². The van der Waals surface area contributed by atoms with Crippen LogP contribution in [-0.2, 0) is 4.79 Å². The summed E-state index contributed by atoms with van der Waals surface area (Å²) in [6.45, 7) is 5.93. The normalized spacial score (nSPS) is 23.2. The summed E-state index contributed by atoms with van der Waals surface area (Å²) in [4.78, 5) is 14.6. The van der Waals surface area contributed by atoms with E-state index in [1.54, 1.807) is 31.2 Å². The first-order valence-corrected chi connectivity index (χ1v) is 7.52. The fourth-order valence-corrected chi connectivity index (χ4v) is 2.97. The van der Waals surface area contributed by atoms with Gasteiger partial charge < -0.3 is 9.64 Å². The maximum atomic E-state index is 12.6. The first kappa shape index (κ1) is 15.4. The molecule has 0 aromatic heterocycles. The molecule has 1 amide bonds. The van der Waals surface area contributed by atoms with Crippen LogP contribution >= 0.6 is 0 Å². The minimum absolute atomic E-state index is 0.00226. The van der Waals surface area contributed by atoms with Gasteiger partial charge in [-0.05, 0) is 52.2 Å². The predicted octanol–water partition coefficient (Wildman–Crippen LogP) is 3.12. The minimum atomic E-state index is -0.581. The molecule has 2 rings (SSSR count). The number of hydrogen-bond donors (Lipinski definition) is 0. The summed E-state index contributed by atoms with van der Waals surface area (Å²) >= 11 is 0. The molecule has 0 unspecified atom stereocenters. The van der Waals surface area contributed by atoms with Gasteiger partial charge in [-0.3, -0.25) is 4.79 Å². The zero-order valence-electron chi connectivity index (χ0n) is 12.9. The van der Waals surface area contributed by atoms with E-state index in [1.807, 2.05) is 4.90 Å². The van der Waals surface area contributed by atoms with Gasteiger partial charge in [-0.1, -0.05) is 12.1 Å². The van der Waals surface area contributed by atoms with E-state index in [9.17, 15) is 4.79 Å². The lowest BCUT2D eigenvalue weighted by Crippen LogP contribution is -2.51. The van der Waals surface area contributed by atoms with E-state index in [-0.39, 0.29) is 18.0 Å². The Morgan fingerprint density at radius 1 is 1.33 bits per heavy atom. The number of nitriles is 1. The highest BCUT2D eigenvalue weighted by atomic mass is 16.5. The Morgan fingerprint density at radius 2 is 1.95 bits per heavy atom. The quantitative estimate of drug-likeness (QED) is 0.858. The van der Waals surface area contributed by atoms with Crippen molar-refractivity contribution in [3.63, 3.8) is 0 Å². The van der Waals surface area contributed by atoms with Gasteiger partial charge in [0.25, 0.3) is 5.91 Å². The standard InChI is InChI=1S/C17H22N2O2/c1-12-7-6-8-13(2)19(12)17(20)14(3)21-16-10-5-4-9-15(16)11-18/h4-5,9-10,12-14H,6-8H2,1-3H3/t12-,13-,14-/m0/s1. The topological polar surface area (TPSA) is 53.3 Å². The SMILES string of the molecule is C[C@H](Oc1ccccc1C#N)C(=O)N1[C@@H](C)CCC[C@@H]1C. The van der Waals surface area contributed by atoms with E-state index in [0.29, 0.717) is 11.3 Å². The van der Waals surface area contributed by atoms with Crippen LogP contribution in [0.3, 0.4) is 0 Å². The largest absolute Gasteiger partial charge is 0.480 e. The zero-order chi connectivity index (χ0) is 15.4. The number of benzene rings is 1. The molecular formula is C17H22N2O2. The minimum Gasteiger partial charge on any atom is -0.480 e. The molecule has 1 aromatic carbocycles. The Morgan fingerprint density at radius 3 is 2.57 bits per heavy atom. The number of ether oxygens (including phenoxy) is 1. The van der Waals surface area contributed by atoms with Crippen LogP contribution in [0.25, 0.3) is 0 Å². The Kier molecular flexibility index (Phi) is 4.85. The molecule has 1 saturated heterocycles. The van der Waals surface area contributed by atoms with E-state index < -0.39 is 6.10 Å². The maximum absolute atomic E-state index is 12.6. The Labute approximate surface area is 126 Å². The first-order valence-electron chi connectivity index (χ1n) is 7.52. The maximum Gasteiger partial charge on any atom is 0.263 e. The molecule has 21 heavy (non-hydrogen) atoms. The van der Waals surface area contributed by atoms with Gasteiger partial charge in [0.15, 0.2) is 6.10 Å². The second kappa shape index (κ2) is 6.62. The number of nitrogens with zero attached hydrogens (tertiary/aromatic N) is 2. The van der Waals surface area contributed by atoms with Gasteiger partial charge in [0.2, 0.25) is 0 Å². The second-order valence-electron chi connectivity index (χ2n) is 5.74. The summed E-state index contributed by atoms with van der Waals surface area (Å²) < 4.78 is 5.73. The van der Waals surface area contributed by atoms with Gasteiger partial charge in [0.05, 0.1) is 5.56 Å². The average molecular weight is 286 g/mol. The number of carbonyl (C=O) groups is 1. The van der Waals surface area contributed by atoms with Crippen molar-refractivity contribution >= 4 is 5.91 Å². The summed E-state index contributed by atoms with van der Waals surface area (Å²) in [5, 5.41) is 9.08. The summed E-state index contributed by atoms with van der Waals surface area (Å²) in [5.41, 5.74) is 0.455. The van der Waals surface area contributed by atoms with Crippen molar-refractivity contribution in [3.8, 4) is 11.8 Å². The molecule has 0 radical (unpaired) electrons. The zero-order valence-corrected chi connectivity index (χ0v) is 12.9. The van der Waals surface area contributed by atoms with E-state index in [1.165, 1.54) is 6.42 Å². The molecule has 1 aromatic rings. The summed E-state index contributed by atoms with van der Waals surface area (Å²) in [6.07, 6.45) is 2.66. The third-order valence-electron chi connectivity index (χ3n) is 4.11. The third-order valence-corrected chi connectivity index (χ3v) is 4.11. The van der Waals surface area contributed by atoms with Crippen molar-refractivity contribution in [2.24, 2.45) is 0 Å². The van der Waals surface area contributed by atoms with E-state index in [4.69, 9.17) is 10.00 Å². The van der Waals surface area contributed by atoms with Gasteiger partial charge in [-0.15, -0.1) is 0 Å². The monoisotopic (exact) mass is 286 g/mol. The molecule has 1 heterocycles. The molecule has 0 N–H and O–H groups in total. The highest BCUT2D eigenvalue weighted by molar-refractivity contribution is 5.81. The highest BCUT2D eigenvalue weighted by Gasteiger charge is 2.32. The van der Waals surface area contributed by atoms with Gasteiger partial charge in [0, 0.05) is 12.1 Å². The van der Waals surface area contributed by atoms with Crippen LogP contribution in [0.4, 0.5) is 0 Å². The molecule has 1 fully saturated rings. The average Bonchev–Trinajstić information content (AvgIpc) is 2.47. The number of piperidine rings is 1. The van der Waals surface area contributed by atoms with E-state index in [0.717, 1.165) is 12.8 Å². The Bertz CT molecular complexity index is 540. The summed E-state index contributed by atoms with van der Waals surface area (Å²) in [7, 11) is 0.